The van der Waals surface area contributed by atoms with Gasteiger partial charge in [-0.3, -0.25) is 4.68 Å². The number of aryl methyl sites for hydroxylation is 2. The minimum atomic E-state index is -0.372. The lowest BCUT2D eigenvalue weighted by atomic mass is 10.2. The van der Waals surface area contributed by atoms with E-state index in [2.05, 4.69) is 17.3 Å². The quantitative estimate of drug-likeness (QED) is 0.724. The summed E-state index contributed by atoms with van der Waals surface area (Å²) in [4.78, 5) is 0. The maximum absolute atomic E-state index is 13.6. The highest BCUT2D eigenvalue weighted by atomic mass is 19.1. The Morgan fingerprint density at radius 3 is 2.58 bits per heavy atom. The lowest BCUT2D eigenvalue weighted by molar-refractivity contribution is 0.442. The Kier molecular flexibility index (Phi) is 4.79. The predicted molar refractivity (Wildman–Crippen MR) is 92.8 cm³/mol. The highest BCUT2D eigenvalue weighted by Crippen LogP contribution is 2.25. The predicted octanol–water partition coefficient (Wildman–Crippen LogP) is 4.53. The summed E-state index contributed by atoms with van der Waals surface area (Å²) < 4.78 is 21.0. The second-order valence-electron chi connectivity index (χ2n) is 5.54. The Hall–Kier alpha value is -2.82. The van der Waals surface area contributed by atoms with Crippen LogP contribution in [0, 0.1) is 5.82 Å². The lowest BCUT2D eigenvalue weighted by Gasteiger charge is -2.09. The highest BCUT2D eigenvalue weighted by Gasteiger charge is 2.06. The van der Waals surface area contributed by atoms with Crippen LogP contribution in [0.15, 0.2) is 54.7 Å². The lowest BCUT2D eigenvalue weighted by Crippen LogP contribution is -2.01. The normalized spacial score (nSPS) is 10.6. The van der Waals surface area contributed by atoms with Crippen molar-refractivity contribution >= 4 is 5.69 Å². The van der Waals surface area contributed by atoms with Crippen LogP contribution in [-0.4, -0.2) is 9.78 Å². The molecule has 1 N–H and O–H groups in total. The summed E-state index contributed by atoms with van der Waals surface area (Å²) in [7, 11) is 1.93. The van der Waals surface area contributed by atoms with Crippen molar-refractivity contribution in [3.63, 3.8) is 0 Å². The van der Waals surface area contributed by atoms with Gasteiger partial charge in [0, 0.05) is 31.0 Å². The standard InChI is InChI=1S/C19H20FN3O/c1-3-18-14(13-23(2)22-18)12-21-15-8-10-16(11-9-15)24-19-7-5-4-6-17(19)20/h4-11,13,21H,3,12H2,1-2H3. The van der Waals surface area contributed by atoms with Gasteiger partial charge in [0.05, 0.1) is 5.69 Å². The summed E-state index contributed by atoms with van der Waals surface area (Å²) in [6.45, 7) is 2.81. The molecule has 0 spiro atoms. The van der Waals surface area contributed by atoms with Crippen molar-refractivity contribution in [2.45, 2.75) is 19.9 Å². The van der Waals surface area contributed by atoms with Crippen LogP contribution in [0.5, 0.6) is 11.5 Å². The largest absolute Gasteiger partial charge is 0.454 e. The number of rotatable bonds is 6. The number of aromatic nitrogens is 2. The molecule has 3 rings (SSSR count). The number of halogens is 1. The van der Waals surface area contributed by atoms with Crippen LogP contribution in [0.1, 0.15) is 18.2 Å². The van der Waals surface area contributed by atoms with E-state index in [4.69, 9.17) is 4.74 Å². The zero-order valence-electron chi connectivity index (χ0n) is 13.8. The summed E-state index contributed by atoms with van der Waals surface area (Å²) in [5, 5.41) is 7.80. The summed E-state index contributed by atoms with van der Waals surface area (Å²) in [6.07, 6.45) is 2.94. The van der Waals surface area contributed by atoms with Crippen LogP contribution in [-0.2, 0) is 20.0 Å². The van der Waals surface area contributed by atoms with Crippen molar-refractivity contribution in [1.82, 2.24) is 9.78 Å². The van der Waals surface area contributed by atoms with Crippen LogP contribution in [0.25, 0.3) is 0 Å². The molecule has 0 atom stereocenters. The molecule has 5 heteroatoms. The van der Waals surface area contributed by atoms with Gasteiger partial charge in [0.2, 0.25) is 0 Å². The Labute approximate surface area is 140 Å². The van der Waals surface area contributed by atoms with Crippen LogP contribution >= 0.6 is 0 Å². The first kappa shape index (κ1) is 16.1. The summed E-state index contributed by atoms with van der Waals surface area (Å²) >= 11 is 0. The third-order valence-corrected chi connectivity index (χ3v) is 3.73. The summed E-state index contributed by atoms with van der Waals surface area (Å²) in [5.41, 5.74) is 3.26. The first-order chi connectivity index (χ1) is 11.7. The molecule has 0 bridgehead atoms. The van der Waals surface area contributed by atoms with Crippen molar-refractivity contribution in [2.75, 3.05) is 5.32 Å². The number of hydrogen-bond acceptors (Lipinski definition) is 3. The minimum Gasteiger partial charge on any atom is -0.454 e. The van der Waals surface area contributed by atoms with E-state index in [1.54, 1.807) is 18.2 Å². The highest BCUT2D eigenvalue weighted by molar-refractivity contribution is 5.47. The number of ether oxygens (including phenoxy) is 1. The number of nitrogens with one attached hydrogen (secondary N) is 1. The molecule has 0 aliphatic heterocycles. The molecule has 0 unspecified atom stereocenters. The van der Waals surface area contributed by atoms with Gasteiger partial charge in [-0.25, -0.2) is 4.39 Å². The average molecular weight is 325 g/mol. The molecular formula is C19H20FN3O. The molecule has 124 valence electrons. The third kappa shape index (κ3) is 3.74. The van der Waals surface area contributed by atoms with Gasteiger partial charge in [-0.05, 0) is 42.8 Å². The zero-order chi connectivity index (χ0) is 16.9. The Morgan fingerprint density at radius 2 is 1.88 bits per heavy atom. The second kappa shape index (κ2) is 7.17. The van der Waals surface area contributed by atoms with Crippen molar-refractivity contribution < 1.29 is 9.13 Å². The molecule has 0 radical (unpaired) electrons. The molecular weight excluding hydrogens is 305 g/mol. The number of hydrogen-bond donors (Lipinski definition) is 1. The van der Waals surface area contributed by atoms with Gasteiger partial charge in [-0.15, -0.1) is 0 Å². The van der Waals surface area contributed by atoms with E-state index in [0.29, 0.717) is 12.3 Å². The maximum Gasteiger partial charge on any atom is 0.165 e. The first-order valence-corrected chi connectivity index (χ1v) is 7.93. The Morgan fingerprint density at radius 1 is 1.12 bits per heavy atom. The van der Waals surface area contributed by atoms with E-state index in [9.17, 15) is 4.39 Å². The van der Waals surface area contributed by atoms with Crippen molar-refractivity contribution in [3.05, 3.63) is 71.8 Å². The van der Waals surface area contributed by atoms with Gasteiger partial charge in [0.15, 0.2) is 11.6 Å². The molecule has 0 aliphatic carbocycles. The van der Waals surface area contributed by atoms with Gasteiger partial charge >= 0.3 is 0 Å². The van der Waals surface area contributed by atoms with Crippen molar-refractivity contribution in [2.24, 2.45) is 7.05 Å². The zero-order valence-corrected chi connectivity index (χ0v) is 13.8. The maximum atomic E-state index is 13.6. The van der Waals surface area contributed by atoms with Gasteiger partial charge in [-0.2, -0.15) is 5.10 Å². The molecule has 1 heterocycles. The van der Waals surface area contributed by atoms with Crippen LogP contribution in [0.2, 0.25) is 0 Å². The average Bonchev–Trinajstić information content (AvgIpc) is 2.96. The van der Waals surface area contributed by atoms with Crippen molar-refractivity contribution in [3.8, 4) is 11.5 Å². The molecule has 1 aromatic heterocycles. The molecule has 0 fully saturated rings. The van der Waals surface area contributed by atoms with Crippen LogP contribution in [0.4, 0.5) is 10.1 Å². The van der Waals surface area contributed by atoms with Gasteiger partial charge in [-0.1, -0.05) is 19.1 Å². The Balaban J connectivity index is 1.63. The van der Waals surface area contributed by atoms with Crippen LogP contribution < -0.4 is 10.1 Å². The molecule has 4 nitrogen and oxygen atoms in total. The Bertz CT molecular complexity index is 812. The number of para-hydroxylation sites is 1. The topological polar surface area (TPSA) is 39.1 Å². The van der Waals surface area contributed by atoms with E-state index in [1.807, 2.05) is 42.2 Å². The molecule has 2 aromatic carbocycles. The molecule has 0 amide bonds. The van der Waals surface area contributed by atoms with E-state index >= 15 is 0 Å². The molecule has 0 saturated heterocycles. The SMILES string of the molecule is CCc1nn(C)cc1CNc1ccc(Oc2ccccc2F)cc1. The fourth-order valence-electron chi connectivity index (χ4n) is 2.52. The first-order valence-electron chi connectivity index (χ1n) is 7.93. The second-order valence-corrected chi connectivity index (χ2v) is 5.54. The molecule has 0 aliphatic rings. The molecule has 0 saturated carbocycles. The molecule has 3 aromatic rings. The number of benzene rings is 2. The van der Waals surface area contributed by atoms with Crippen molar-refractivity contribution in [1.29, 1.82) is 0 Å². The van der Waals surface area contributed by atoms with Gasteiger partial charge in [0.25, 0.3) is 0 Å². The smallest absolute Gasteiger partial charge is 0.165 e. The number of nitrogens with zero attached hydrogens (tertiary/aromatic N) is 2. The third-order valence-electron chi connectivity index (χ3n) is 3.73. The monoisotopic (exact) mass is 325 g/mol. The molecule has 24 heavy (non-hydrogen) atoms. The van der Waals surface area contributed by atoms with E-state index in [0.717, 1.165) is 17.8 Å². The van der Waals surface area contributed by atoms with E-state index < -0.39 is 0 Å². The van der Waals surface area contributed by atoms with E-state index in [-0.39, 0.29) is 11.6 Å². The fourth-order valence-corrected chi connectivity index (χ4v) is 2.52. The summed E-state index contributed by atoms with van der Waals surface area (Å²) in [6, 6.07) is 13.8. The van der Waals surface area contributed by atoms with Gasteiger partial charge < -0.3 is 10.1 Å². The summed E-state index contributed by atoms with van der Waals surface area (Å²) in [5.74, 6) is 0.450. The van der Waals surface area contributed by atoms with Gasteiger partial charge in [0.1, 0.15) is 5.75 Å². The minimum absolute atomic E-state index is 0.223. The fraction of sp³-hybridized carbons (Fsp3) is 0.211. The van der Waals surface area contributed by atoms with Crippen LogP contribution in [0.3, 0.4) is 0 Å². The number of anilines is 1. The van der Waals surface area contributed by atoms with E-state index in [1.165, 1.54) is 11.6 Å².